The summed E-state index contributed by atoms with van der Waals surface area (Å²) in [6.45, 7) is 1.34. The second kappa shape index (κ2) is 6.45. The Morgan fingerprint density at radius 1 is 1.55 bits per heavy atom. The Hall–Kier alpha value is 0.930. The van der Waals surface area contributed by atoms with Crippen LogP contribution in [0, 0.1) is 0 Å². The second-order valence-corrected chi connectivity index (χ2v) is 4.47. The quantitative estimate of drug-likeness (QED) is 0.500. The Kier molecular flexibility index (Phi) is 8.47. The summed E-state index contributed by atoms with van der Waals surface area (Å²) in [7, 11) is -3.89. The molecule has 0 heterocycles. The van der Waals surface area contributed by atoms with Crippen LogP contribution in [-0.2, 0) is 14.9 Å². The van der Waals surface area contributed by atoms with E-state index >= 15 is 0 Å². The first-order chi connectivity index (χ1) is 4.42. The molecule has 11 heavy (non-hydrogen) atoms. The predicted molar refractivity (Wildman–Crippen MR) is 46.7 cm³/mol. The monoisotopic (exact) mass is 208 g/mol. The maximum absolute atomic E-state index is 10.2. The van der Waals surface area contributed by atoms with Gasteiger partial charge in [0, 0.05) is 12.7 Å². The molecule has 0 rings (SSSR count). The van der Waals surface area contributed by atoms with Crippen molar-refractivity contribution in [3.63, 3.8) is 0 Å². The molecule has 0 fully saturated rings. The van der Waals surface area contributed by atoms with Crippen LogP contribution in [0.4, 0.5) is 0 Å². The fourth-order valence-corrected chi connectivity index (χ4v) is 1.75. The molecule has 0 amide bonds. The van der Waals surface area contributed by atoms with E-state index in [-0.39, 0.29) is 46.2 Å². The molecule has 0 unspecified atom stereocenters. The molecule has 62 valence electrons. The number of carbonyl (C=O) groups is 1. The van der Waals surface area contributed by atoms with Crippen LogP contribution in [0.3, 0.4) is 0 Å². The van der Waals surface area contributed by atoms with Gasteiger partial charge in [-0.1, -0.05) is 11.8 Å². The molecule has 0 aliphatic heterocycles. The van der Waals surface area contributed by atoms with E-state index in [2.05, 4.69) is 0 Å². The van der Waals surface area contributed by atoms with E-state index in [0.29, 0.717) is 0 Å². The van der Waals surface area contributed by atoms with Gasteiger partial charge in [-0.2, -0.15) is 8.42 Å². The summed E-state index contributed by atoms with van der Waals surface area (Å²) in [6.07, 6.45) is 0. The van der Waals surface area contributed by atoms with Crippen molar-refractivity contribution in [1.82, 2.24) is 0 Å². The SMILES string of the molecule is CC(=O)SCCS(=O)(=O)O.[NaH]. The third-order valence-corrected chi connectivity index (χ3v) is 2.44. The maximum atomic E-state index is 10.2. The van der Waals surface area contributed by atoms with Crippen molar-refractivity contribution >= 4 is 56.6 Å². The number of hydrogen-bond donors (Lipinski definition) is 1. The molecular weight excluding hydrogens is 199 g/mol. The molecule has 0 spiro atoms. The molecule has 7 heteroatoms. The van der Waals surface area contributed by atoms with Crippen molar-refractivity contribution in [3.05, 3.63) is 0 Å². The Morgan fingerprint density at radius 2 is 2.00 bits per heavy atom. The summed E-state index contributed by atoms with van der Waals surface area (Å²) in [4.78, 5) is 10.2. The molecule has 0 aromatic carbocycles. The van der Waals surface area contributed by atoms with E-state index in [1.54, 1.807) is 0 Å². The van der Waals surface area contributed by atoms with Crippen LogP contribution >= 0.6 is 11.8 Å². The van der Waals surface area contributed by atoms with Gasteiger partial charge in [0.05, 0.1) is 5.75 Å². The van der Waals surface area contributed by atoms with E-state index in [4.69, 9.17) is 4.55 Å². The Labute approximate surface area is 92.2 Å². The fourth-order valence-electron chi connectivity index (χ4n) is 0.291. The van der Waals surface area contributed by atoms with Gasteiger partial charge in [0.15, 0.2) is 5.12 Å². The molecule has 0 aliphatic rings. The minimum atomic E-state index is -3.89. The summed E-state index contributed by atoms with van der Waals surface area (Å²) in [5, 5.41) is -0.149. The average Bonchev–Trinajstić information content (AvgIpc) is 1.59. The van der Waals surface area contributed by atoms with E-state index < -0.39 is 10.1 Å². The summed E-state index contributed by atoms with van der Waals surface area (Å²) >= 11 is 0.880. The molecule has 1 N–H and O–H groups in total. The van der Waals surface area contributed by atoms with Crippen molar-refractivity contribution in [2.45, 2.75) is 6.92 Å². The van der Waals surface area contributed by atoms with E-state index in [0.717, 1.165) is 11.8 Å². The Morgan fingerprint density at radius 3 is 2.27 bits per heavy atom. The number of rotatable bonds is 3. The molecule has 0 aromatic heterocycles. The van der Waals surface area contributed by atoms with Crippen LogP contribution in [0.25, 0.3) is 0 Å². The van der Waals surface area contributed by atoms with E-state index in [9.17, 15) is 13.2 Å². The zero-order valence-corrected chi connectivity index (χ0v) is 7.04. The van der Waals surface area contributed by atoms with Crippen LogP contribution in [0.1, 0.15) is 6.92 Å². The minimum absolute atomic E-state index is 0. The summed E-state index contributed by atoms with van der Waals surface area (Å²) in [5.41, 5.74) is 0. The van der Waals surface area contributed by atoms with Crippen molar-refractivity contribution in [2.75, 3.05) is 11.5 Å². The molecule has 0 bridgehead atoms. The van der Waals surface area contributed by atoms with Gasteiger partial charge in [0.2, 0.25) is 0 Å². The Bertz CT molecular complexity index is 210. The van der Waals surface area contributed by atoms with Crippen LogP contribution in [-0.4, -0.2) is 59.1 Å². The molecular formula is C4H9NaO4S2. The normalized spacial score (nSPS) is 10.4. The van der Waals surface area contributed by atoms with Gasteiger partial charge >= 0.3 is 29.6 Å². The van der Waals surface area contributed by atoms with Crippen molar-refractivity contribution < 1.29 is 17.8 Å². The zero-order valence-electron chi connectivity index (χ0n) is 5.40. The van der Waals surface area contributed by atoms with Crippen LogP contribution in [0.2, 0.25) is 0 Å². The van der Waals surface area contributed by atoms with Gasteiger partial charge in [-0.25, -0.2) is 0 Å². The average molecular weight is 208 g/mol. The number of carbonyl (C=O) groups excluding carboxylic acids is 1. The van der Waals surface area contributed by atoms with Gasteiger partial charge in [-0.3, -0.25) is 9.35 Å². The molecule has 0 aromatic rings. The van der Waals surface area contributed by atoms with E-state index in [1.165, 1.54) is 6.92 Å². The fraction of sp³-hybridized carbons (Fsp3) is 0.750. The van der Waals surface area contributed by atoms with Crippen LogP contribution in [0.15, 0.2) is 0 Å². The topological polar surface area (TPSA) is 71.4 Å². The van der Waals surface area contributed by atoms with Crippen molar-refractivity contribution in [1.29, 1.82) is 0 Å². The van der Waals surface area contributed by atoms with E-state index in [1.807, 2.05) is 0 Å². The molecule has 0 aliphatic carbocycles. The van der Waals surface area contributed by atoms with Crippen LogP contribution < -0.4 is 0 Å². The Balaban J connectivity index is 0. The third-order valence-electron chi connectivity index (χ3n) is 0.647. The summed E-state index contributed by atoms with van der Waals surface area (Å²) < 4.78 is 28.3. The van der Waals surface area contributed by atoms with Gasteiger partial charge in [-0.05, 0) is 0 Å². The van der Waals surface area contributed by atoms with Crippen molar-refractivity contribution in [3.8, 4) is 0 Å². The van der Waals surface area contributed by atoms with Crippen LogP contribution in [0.5, 0.6) is 0 Å². The summed E-state index contributed by atoms with van der Waals surface area (Å²) in [5.74, 6) is -0.245. The third kappa shape index (κ3) is 13.9. The molecule has 0 radical (unpaired) electrons. The first kappa shape index (κ1) is 14.5. The second-order valence-electron chi connectivity index (χ2n) is 1.63. The first-order valence-electron chi connectivity index (χ1n) is 2.50. The van der Waals surface area contributed by atoms with Gasteiger partial charge in [0.25, 0.3) is 10.1 Å². The molecule has 0 atom stereocenters. The molecule has 0 saturated carbocycles. The standard InChI is InChI=1S/C4H8O4S2.Na.H/c1-4(5)9-2-3-10(6,7)8;;/h2-3H2,1H3,(H,6,7,8);;. The molecule has 0 saturated heterocycles. The zero-order chi connectivity index (χ0) is 8.20. The van der Waals surface area contributed by atoms with Gasteiger partial charge in [-0.15, -0.1) is 0 Å². The molecule has 4 nitrogen and oxygen atoms in total. The van der Waals surface area contributed by atoms with Gasteiger partial charge < -0.3 is 0 Å². The first-order valence-corrected chi connectivity index (χ1v) is 5.10. The predicted octanol–water partition coefficient (Wildman–Crippen LogP) is -0.495. The summed E-state index contributed by atoms with van der Waals surface area (Å²) in [6, 6.07) is 0. The van der Waals surface area contributed by atoms with Crippen molar-refractivity contribution in [2.24, 2.45) is 0 Å². The number of hydrogen-bond acceptors (Lipinski definition) is 4. The number of thioether (sulfide) groups is 1. The van der Waals surface area contributed by atoms with Gasteiger partial charge in [0.1, 0.15) is 0 Å².